The zero-order chi connectivity index (χ0) is 12.3. The fraction of sp³-hybridized carbons (Fsp3) is 0. The number of rotatable bonds is 2. The summed E-state index contributed by atoms with van der Waals surface area (Å²) < 4.78 is 0. The lowest BCUT2D eigenvalue weighted by molar-refractivity contribution is 0.102. The quantitative estimate of drug-likeness (QED) is 0.851. The summed E-state index contributed by atoms with van der Waals surface area (Å²) in [5.74, 6) is 0.0702. The summed E-state index contributed by atoms with van der Waals surface area (Å²) in [6.45, 7) is 0. The van der Waals surface area contributed by atoms with Crippen LogP contribution in [0.3, 0.4) is 0 Å². The molecule has 0 fully saturated rings. The molecule has 17 heavy (non-hydrogen) atoms. The number of nitrogen functional groups attached to an aromatic ring is 1. The number of hydrogen-bond acceptors (Lipinski definition) is 4. The maximum atomic E-state index is 11.7. The molecule has 0 atom stereocenters. The van der Waals surface area contributed by atoms with Crippen LogP contribution in [-0.4, -0.2) is 15.9 Å². The summed E-state index contributed by atoms with van der Waals surface area (Å²) in [5, 5.41) is 3.12. The van der Waals surface area contributed by atoms with Gasteiger partial charge < -0.3 is 11.1 Å². The van der Waals surface area contributed by atoms with Gasteiger partial charge in [-0.15, -0.1) is 0 Å². The SMILES string of the molecule is Nc1ccc(NC(=O)c2ccc(Cl)cn2)cn1. The molecule has 0 saturated carbocycles. The molecule has 0 unspecified atom stereocenters. The minimum atomic E-state index is -0.326. The first-order valence-corrected chi connectivity index (χ1v) is 5.17. The van der Waals surface area contributed by atoms with E-state index in [1.54, 1.807) is 24.3 Å². The molecule has 5 nitrogen and oxygen atoms in total. The molecular formula is C11H9ClN4O. The summed E-state index contributed by atoms with van der Waals surface area (Å²) in [6.07, 6.45) is 2.89. The highest BCUT2D eigenvalue weighted by molar-refractivity contribution is 6.30. The number of anilines is 2. The first-order valence-electron chi connectivity index (χ1n) is 4.79. The molecule has 0 aliphatic carbocycles. The van der Waals surface area contributed by atoms with Gasteiger partial charge in [-0.1, -0.05) is 11.6 Å². The Hall–Kier alpha value is -2.14. The highest BCUT2D eigenvalue weighted by Crippen LogP contribution is 2.10. The van der Waals surface area contributed by atoms with E-state index in [4.69, 9.17) is 17.3 Å². The van der Waals surface area contributed by atoms with E-state index in [1.165, 1.54) is 12.4 Å². The molecule has 0 saturated heterocycles. The molecule has 0 radical (unpaired) electrons. The molecule has 2 aromatic heterocycles. The van der Waals surface area contributed by atoms with E-state index < -0.39 is 0 Å². The van der Waals surface area contributed by atoms with Gasteiger partial charge >= 0.3 is 0 Å². The molecular weight excluding hydrogens is 240 g/mol. The Bertz CT molecular complexity index is 524. The van der Waals surface area contributed by atoms with Crippen molar-refractivity contribution in [3.63, 3.8) is 0 Å². The van der Waals surface area contributed by atoms with Crippen molar-refractivity contribution in [3.05, 3.63) is 47.4 Å². The Labute approximate surface area is 103 Å². The lowest BCUT2D eigenvalue weighted by atomic mass is 10.3. The lowest BCUT2D eigenvalue weighted by Crippen LogP contribution is -2.13. The van der Waals surface area contributed by atoms with Crippen molar-refractivity contribution >= 4 is 29.0 Å². The normalized spacial score (nSPS) is 9.94. The minimum absolute atomic E-state index is 0.284. The van der Waals surface area contributed by atoms with Crippen molar-refractivity contribution in [1.29, 1.82) is 0 Å². The number of hydrogen-bond donors (Lipinski definition) is 2. The van der Waals surface area contributed by atoms with Crippen LogP contribution in [0, 0.1) is 0 Å². The lowest BCUT2D eigenvalue weighted by Gasteiger charge is -2.04. The number of carbonyl (C=O) groups excluding carboxylic acids is 1. The van der Waals surface area contributed by atoms with Crippen LogP contribution in [-0.2, 0) is 0 Å². The van der Waals surface area contributed by atoms with Crippen LogP contribution in [0.5, 0.6) is 0 Å². The summed E-state index contributed by atoms with van der Waals surface area (Å²) in [4.78, 5) is 19.5. The topological polar surface area (TPSA) is 80.9 Å². The van der Waals surface area contributed by atoms with Crippen LogP contribution < -0.4 is 11.1 Å². The van der Waals surface area contributed by atoms with E-state index in [1.807, 2.05) is 0 Å². The number of halogens is 1. The number of nitrogens with two attached hydrogens (primary N) is 1. The Kier molecular flexibility index (Phi) is 3.20. The average Bonchev–Trinajstić information content (AvgIpc) is 2.33. The van der Waals surface area contributed by atoms with Gasteiger partial charge in [0.1, 0.15) is 11.5 Å². The van der Waals surface area contributed by atoms with E-state index >= 15 is 0 Å². The molecule has 3 N–H and O–H groups in total. The number of amides is 1. The van der Waals surface area contributed by atoms with Crippen molar-refractivity contribution in [1.82, 2.24) is 9.97 Å². The Morgan fingerprint density at radius 1 is 1.18 bits per heavy atom. The minimum Gasteiger partial charge on any atom is -0.384 e. The zero-order valence-corrected chi connectivity index (χ0v) is 9.48. The molecule has 0 aliphatic rings. The number of pyridine rings is 2. The summed E-state index contributed by atoms with van der Waals surface area (Å²) in [7, 11) is 0. The van der Waals surface area contributed by atoms with Crippen molar-refractivity contribution in [3.8, 4) is 0 Å². The van der Waals surface area contributed by atoms with Crippen LogP contribution in [0.4, 0.5) is 11.5 Å². The molecule has 6 heteroatoms. The fourth-order valence-electron chi connectivity index (χ4n) is 1.18. The van der Waals surface area contributed by atoms with Crippen molar-refractivity contribution in [2.24, 2.45) is 0 Å². The standard InChI is InChI=1S/C11H9ClN4O/c12-7-1-3-9(14-5-7)11(17)16-8-2-4-10(13)15-6-8/h1-6H,(H2,13,15)(H,16,17). The highest BCUT2D eigenvalue weighted by Gasteiger charge is 2.07. The van der Waals surface area contributed by atoms with Gasteiger partial charge in [-0.3, -0.25) is 4.79 Å². The number of aromatic nitrogens is 2. The maximum Gasteiger partial charge on any atom is 0.274 e. The van der Waals surface area contributed by atoms with Crippen LogP contribution >= 0.6 is 11.6 Å². The van der Waals surface area contributed by atoms with Crippen LogP contribution in [0.1, 0.15) is 10.5 Å². The molecule has 1 amide bonds. The second kappa shape index (κ2) is 4.80. The number of nitrogens with zero attached hydrogens (tertiary/aromatic N) is 2. The van der Waals surface area contributed by atoms with Crippen molar-refractivity contribution in [2.75, 3.05) is 11.1 Å². The molecule has 0 spiro atoms. The van der Waals surface area contributed by atoms with Gasteiger partial charge in [-0.2, -0.15) is 0 Å². The Balaban J connectivity index is 2.11. The van der Waals surface area contributed by atoms with Crippen molar-refractivity contribution < 1.29 is 4.79 Å². The largest absolute Gasteiger partial charge is 0.384 e. The number of carbonyl (C=O) groups is 1. The van der Waals surface area contributed by atoms with Crippen molar-refractivity contribution in [2.45, 2.75) is 0 Å². The fourth-order valence-corrected chi connectivity index (χ4v) is 1.30. The second-order valence-corrected chi connectivity index (χ2v) is 3.72. The smallest absolute Gasteiger partial charge is 0.274 e. The molecule has 0 aromatic carbocycles. The van der Waals surface area contributed by atoms with Gasteiger partial charge in [-0.25, -0.2) is 9.97 Å². The summed E-state index contributed by atoms with van der Waals surface area (Å²) in [5.41, 5.74) is 6.27. The molecule has 0 aliphatic heterocycles. The van der Waals surface area contributed by atoms with Gasteiger partial charge in [0.15, 0.2) is 0 Å². The predicted octanol–water partition coefficient (Wildman–Crippen LogP) is 1.96. The van der Waals surface area contributed by atoms with E-state index in [2.05, 4.69) is 15.3 Å². The van der Waals surface area contributed by atoms with E-state index in [9.17, 15) is 4.79 Å². The first kappa shape index (κ1) is 11.3. The maximum absolute atomic E-state index is 11.7. The monoisotopic (exact) mass is 248 g/mol. The van der Waals surface area contributed by atoms with E-state index in [0.717, 1.165) is 0 Å². The van der Waals surface area contributed by atoms with Gasteiger partial charge in [-0.05, 0) is 24.3 Å². The zero-order valence-electron chi connectivity index (χ0n) is 8.72. The average molecular weight is 249 g/mol. The van der Waals surface area contributed by atoms with Gasteiger partial charge in [0.05, 0.1) is 16.9 Å². The second-order valence-electron chi connectivity index (χ2n) is 3.29. The molecule has 0 bridgehead atoms. The molecule has 2 rings (SSSR count). The number of nitrogens with one attached hydrogen (secondary N) is 1. The van der Waals surface area contributed by atoms with Crippen LogP contribution in [0.25, 0.3) is 0 Å². The third-order valence-electron chi connectivity index (χ3n) is 2.00. The summed E-state index contributed by atoms with van der Waals surface area (Å²) >= 11 is 5.68. The van der Waals surface area contributed by atoms with Crippen LogP contribution in [0.15, 0.2) is 36.7 Å². The Morgan fingerprint density at radius 2 is 2.00 bits per heavy atom. The van der Waals surface area contributed by atoms with Gasteiger partial charge in [0.25, 0.3) is 5.91 Å². The summed E-state index contributed by atoms with van der Waals surface area (Å²) in [6, 6.07) is 6.41. The predicted molar refractivity (Wildman–Crippen MR) is 65.8 cm³/mol. The first-order chi connectivity index (χ1) is 8.15. The van der Waals surface area contributed by atoms with Crippen LogP contribution in [0.2, 0.25) is 5.02 Å². The Morgan fingerprint density at radius 3 is 2.59 bits per heavy atom. The molecule has 86 valence electrons. The molecule has 2 aromatic rings. The third kappa shape index (κ3) is 2.92. The van der Waals surface area contributed by atoms with Gasteiger partial charge in [0, 0.05) is 6.20 Å². The third-order valence-corrected chi connectivity index (χ3v) is 2.23. The van der Waals surface area contributed by atoms with Gasteiger partial charge in [0.2, 0.25) is 0 Å². The van der Waals surface area contributed by atoms with E-state index in [0.29, 0.717) is 16.5 Å². The highest BCUT2D eigenvalue weighted by atomic mass is 35.5. The van der Waals surface area contributed by atoms with E-state index in [-0.39, 0.29) is 11.6 Å². The molecule has 2 heterocycles.